The van der Waals surface area contributed by atoms with Crippen LogP contribution < -0.4 is 4.74 Å². The molecule has 1 aromatic carbocycles. The van der Waals surface area contributed by atoms with Gasteiger partial charge < -0.3 is 9.84 Å². The standard InChI is InChI=1S/C14H19BrO4S/c1-20(17,18)12-6-3-5-11(8-12)19-14-10(9-16)4-2-7-13(14)15/h2,4,7,11-12,16H,3,5-6,8-9H2,1H3. The first-order valence-electron chi connectivity index (χ1n) is 6.65. The van der Waals surface area contributed by atoms with Crippen molar-refractivity contribution in [2.45, 2.75) is 43.6 Å². The van der Waals surface area contributed by atoms with E-state index in [0.717, 1.165) is 17.3 Å². The first kappa shape index (κ1) is 15.8. The summed E-state index contributed by atoms with van der Waals surface area (Å²) in [5.41, 5.74) is 0.709. The summed E-state index contributed by atoms with van der Waals surface area (Å²) in [5.74, 6) is 0.620. The van der Waals surface area contributed by atoms with Gasteiger partial charge in [0.15, 0.2) is 0 Å². The largest absolute Gasteiger partial charge is 0.489 e. The molecule has 0 saturated heterocycles. The average Bonchev–Trinajstić information content (AvgIpc) is 2.40. The highest BCUT2D eigenvalue weighted by Gasteiger charge is 2.30. The lowest BCUT2D eigenvalue weighted by molar-refractivity contribution is 0.150. The molecule has 1 aliphatic carbocycles. The molecule has 0 heterocycles. The Morgan fingerprint density at radius 2 is 2.15 bits per heavy atom. The Morgan fingerprint density at radius 1 is 1.40 bits per heavy atom. The van der Waals surface area contributed by atoms with Gasteiger partial charge in [0.25, 0.3) is 0 Å². The van der Waals surface area contributed by atoms with E-state index in [1.165, 1.54) is 6.26 Å². The van der Waals surface area contributed by atoms with Gasteiger partial charge in [0.2, 0.25) is 0 Å². The fourth-order valence-corrected chi connectivity index (χ4v) is 4.23. The zero-order chi connectivity index (χ0) is 14.8. The molecule has 0 radical (unpaired) electrons. The zero-order valence-corrected chi connectivity index (χ0v) is 13.8. The number of ether oxygens (including phenoxy) is 1. The fourth-order valence-electron chi connectivity index (χ4n) is 2.57. The molecular formula is C14H19BrO4S. The Kier molecular flexibility index (Phi) is 5.09. The molecule has 4 nitrogen and oxygen atoms in total. The number of hydrogen-bond acceptors (Lipinski definition) is 4. The molecule has 20 heavy (non-hydrogen) atoms. The number of aliphatic hydroxyl groups is 1. The van der Waals surface area contributed by atoms with Crippen molar-refractivity contribution >= 4 is 25.8 Å². The molecule has 1 saturated carbocycles. The summed E-state index contributed by atoms with van der Waals surface area (Å²) in [6.07, 6.45) is 4.09. The predicted octanol–water partition coefficient (Wildman–Crippen LogP) is 2.68. The van der Waals surface area contributed by atoms with Crippen molar-refractivity contribution in [3.8, 4) is 5.75 Å². The molecule has 1 aromatic rings. The SMILES string of the molecule is CS(=O)(=O)C1CCCC(Oc2c(Br)cccc2CO)C1. The summed E-state index contributed by atoms with van der Waals surface area (Å²) in [6, 6.07) is 5.49. The van der Waals surface area contributed by atoms with Gasteiger partial charge in [0.1, 0.15) is 21.7 Å². The van der Waals surface area contributed by atoms with E-state index in [2.05, 4.69) is 15.9 Å². The minimum absolute atomic E-state index is 0.100. The van der Waals surface area contributed by atoms with Crippen LogP contribution in [0.5, 0.6) is 5.75 Å². The lowest BCUT2D eigenvalue weighted by atomic mass is 9.97. The van der Waals surface area contributed by atoms with Gasteiger partial charge in [0.05, 0.1) is 16.3 Å². The van der Waals surface area contributed by atoms with E-state index >= 15 is 0 Å². The molecule has 2 unspecified atom stereocenters. The third-order valence-electron chi connectivity index (χ3n) is 3.69. The molecule has 1 N–H and O–H groups in total. The maximum absolute atomic E-state index is 11.7. The maximum atomic E-state index is 11.7. The van der Waals surface area contributed by atoms with Crippen LogP contribution in [0, 0.1) is 0 Å². The lowest BCUT2D eigenvalue weighted by Crippen LogP contribution is -2.33. The molecule has 0 spiro atoms. The van der Waals surface area contributed by atoms with E-state index in [0.29, 0.717) is 24.2 Å². The summed E-state index contributed by atoms with van der Waals surface area (Å²) < 4.78 is 30.1. The third-order valence-corrected chi connectivity index (χ3v) is 5.95. The first-order chi connectivity index (χ1) is 9.41. The van der Waals surface area contributed by atoms with E-state index in [1.807, 2.05) is 12.1 Å². The zero-order valence-electron chi connectivity index (χ0n) is 11.4. The number of halogens is 1. The molecule has 0 aromatic heterocycles. The molecule has 2 rings (SSSR count). The van der Waals surface area contributed by atoms with Crippen LogP contribution in [0.4, 0.5) is 0 Å². The number of aliphatic hydroxyl groups excluding tert-OH is 1. The van der Waals surface area contributed by atoms with Crippen LogP contribution in [-0.4, -0.2) is 31.1 Å². The number of hydrogen-bond donors (Lipinski definition) is 1. The smallest absolute Gasteiger partial charge is 0.150 e. The van der Waals surface area contributed by atoms with Gasteiger partial charge >= 0.3 is 0 Å². The molecule has 0 amide bonds. The highest BCUT2D eigenvalue weighted by Crippen LogP contribution is 2.33. The first-order valence-corrected chi connectivity index (χ1v) is 9.40. The van der Waals surface area contributed by atoms with Crippen LogP contribution in [0.25, 0.3) is 0 Å². The Balaban J connectivity index is 2.14. The summed E-state index contributed by atoms with van der Waals surface area (Å²) >= 11 is 3.41. The van der Waals surface area contributed by atoms with Gasteiger partial charge in [0, 0.05) is 18.2 Å². The van der Waals surface area contributed by atoms with Crippen LogP contribution in [0.2, 0.25) is 0 Å². The number of rotatable bonds is 4. The number of sulfone groups is 1. The second kappa shape index (κ2) is 6.45. The Bertz CT molecular complexity index is 571. The van der Waals surface area contributed by atoms with E-state index in [-0.39, 0.29) is 18.0 Å². The Labute approximate surface area is 128 Å². The molecule has 0 aliphatic heterocycles. The molecule has 112 valence electrons. The summed E-state index contributed by atoms with van der Waals surface area (Å²) in [4.78, 5) is 0. The van der Waals surface area contributed by atoms with Crippen molar-refractivity contribution in [2.24, 2.45) is 0 Å². The average molecular weight is 363 g/mol. The van der Waals surface area contributed by atoms with Crippen LogP contribution in [-0.2, 0) is 16.4 Å². The van der Waals surface area contributed by atoms with Crippen molar-refractivity contribution in [1.29, 1.82) is 0 Å². The molecule has 2 atom stereocenters. The van der Waals surface area contributed by atoms with Crippen LogP contribution in [0.15, 0.2) is 22.7 Å². The van der Waals surface area contributed by atoms with Crippen molar-refractivity contribution in [2.75, 3.05) is 6.26 Å². The highest BCUT2D eigenvalue weighted by atomic mass is 79.9. The quantitative estimate of drug-likeness (QED) is 0.894. The van der Waals surface area contributed by atoms with Gasteiger partial charge in [-0.05, 0) is 41.3 Å². The van der Waals surface area contributed by atoms with E-state index in [1.54, 1.807) is 6.07 Å². The van der Waals surface area contributed by atoms with Gasteiger partial charge in [-0.1, -0.05) is 12.1 Å². The fraction of sp³-hybridized carbons (Fsp3) is 0.571. The minimum Gasteiger partial charge on any atom is -0.489 e. The third kappa shape index (κ3) is 3.74. The van der Waals surface area contributed by atoms with Crippen molar-refractivity contribution in [3.05, 3.63) is 28.2 Å². The van der Waals surface area contributed by atoms with Gasteiger partial charge in [-0.15, -0.1) is 0 Å². The Hall–Kier alpha value is -0.590. The minimum atomic E-state index is -3.02. The van der Waals surface area contributed by atoms with Gasteiger partial charge in [-0.3, -0.25) is 0 Å². The molecule has 1 fully saturated rings. The van der Waals surface area contributed by atoms with Crippen LogP contribution in [0.1, 0.15) is 31.2 Å². The molecule has 1 aliphatic rings. The summed E-state index contributed by atoms with van der Waals surface area (Å²) in [7, 11) is -3.02. The summed E-state index contributed by atoms with van der Waals surface area (Å²) in [5, 5.41) is 9.04. The van der Waals surface area contributed by atoms with Crippen molar-refractivity contribution < 1.29 is 18.3 Å². The summed E-state index contributed by atoms with van der Waals surface area (Å²) in [6.45, 7) is -0.100. The second-order valence-corrected chi connectivity index (χ2v) is 8.42. The van der Waals surface area contributed by atoms with Crippen LogP contribution >= 0.6 is 15.9 Å². The van der Waals surface area contributed by atoms with Gasteiger partial charge in [-0.2, -0.15) is 0 Å². The highest BCUT2D eigenvalue weighted by molar-refractivity contribution is 9.10. The lowest BCUT2D eigenvalue weighted by Gasteiger charge is -2.29. The molecular weight excluding hydrogens is 344 g/mol. The van der Waals surface area contributed by atoms with E-state index in [4.69, 9.17) is 4.74 Å². The molecule has 6 heteroatoms. The maximum Gasteiger partial charge on any atom is 0.150 e. The second-order valence-electron chi connectivity index (χ2n) is 5.24. The van der Waals surface area contributed by atoms with Crippen molar-refractivity contribution in [1.82, 2.24) is 0 Å². The number of para-hydroxylation sites is 1. The van der Waals surface area contributed by atoms with E-state index in [9.17, 15) is 13.5 Å². The van der Waals surface area contributed by atoms with Gasteiger partial charge in [-0.25, -0.2) is 8.42 Å². The predicted molar refractivity (Wildman–Crippen MR) is 81.6 cm³/mol. The van der Waals surface area contributed by atoms with Crippen LogP contribution in [0.3, 0.4) is 0 Å². The van der Waals surface area contributed by atoms with Crippen molar-refractivity contribution in [3.63, 3.8) is 0 Å². The van der Waals surface area contributed by atoms with E-state index < -0.39 is 9.84 Å². The molecule has 0 bridgehead atoms. The Morgan fingerprint density at radius 3 is 2.80 bits per heavy atom. The number of benzene rings is 1. The topological polar surface area (TPSA) is 63.6 Å². The normalized spacial score (nSPS) is 23.6. The monoisotopic (exact) mass is 362 g/mol.